The summed E-state index contributed by atoms with van der Waals surface area (Å²) in [5, 5.41) is 0. The van der Waals surface area contributed by atoms with Crippen LogP contribution in [0.1, 0.15) is 5.56 Å². The molecule has 0 atom stereocenters. The third-order valence-electron chi connectivity index (χ3n) is 2.49. The molecule has 0 fully saturated rings. The zero-order valence-electron chi connectivity index (χ0n) is 9.70. The zero-order chi connectivity index (χ0) is 13.0. The molecule has 4 heteroatoms. The SMILES string of the molecule is NCCc1c(F)cccc1Oc1cccc(I)c1. The molecule has 0 saturated heterocycles. The van der Waals surface area contributed by atoms with Gasteiger partial charge in [0.15, 0.2) is 0 Å². The maximum Gasteiger partial charge on any atom is 0.133 e. The number of rotatable bonds is 4. The lowest BCUT2D eigenvalue weighted by molar-refractivity contribution is 0.467. The van der Waals surface area contributed by atoms with Crippen molar-refractivity contribution in [1.29, 1.82) is 0 Å². The van der Waals surface area contributed by atoms with Gasteiger partial charge in [-0.1, -0.05) is 12.1 Å². The molecule has 0 unspecified atom stereocenters. The van der Waals surface area contributed by atoms with Crippen LogP contribution in [0.4, 0.5) is 4.39 Å². The largest absolute Gasteiger partial charge is 0.457 e. The van der Waals surface area contributed by atoms with Crippen molar-refractivity contribution in [2.45, 2.75) is 6.42 Å². The first-order chi connectivity index (χ1) is 8.70. The number of hydrogen-bond acceptors (Lipinski definition) is 2. The molecule has 0 heterocycles. The second-order valence-corrected chi connectivity index (χ2v) is 5.06. The van der Waals surface area contributed by atoms with Gasteiger partial charge < -0.3 is 10.5 Å². The van der Waals surface area contributed by atoms with Crippen molar-refractivity contribution in [2.24, 2.45) is 5.73 Å². The summed E-state index contributed by atoms with van der Waals surface area (Å²) in [5.74, 6) is 0.955. The minimum Gasteiger partial charge on any atom is -0.457 e. The summed E-state index contributed by atoms with van der Waals surface area (Å²) in [5.41, 5.74) is 6.02. The fraction of sp³-hybridized carbons (Fsp3) is 0.143. The van der Waals surface area contributed by atoms with Crippen LogP contribution < -0.4 is 10.5 Å². The molecule has 0 aliphatic rings. The van der Waals surface area contributed by atoms with Crippen LogP contribution in [0.3, 0.4) is 0 Å². The van der Waals surface area contributed by atoms with Crippen LogP contribution in [0.2, 0.25) is 0 Å². The predicted octanol–water partition coefficient (Wildman–Crippen LogP) is 3.72. The van der Waals surface area contributed by atoms with Crippen LogP contribution in [-0.4, -0.2) is 6.54 Å². The molecule has 2 aromatic rings. The minimum atomic E-state index is -0.274. The summed E-state index contributed by atoms with van der Waals surface area (Å²) in [6.45, 7) is 0.392. The molecule has 0 bridgehead atoms. The molecule has 0 aliphatic heterocycles. The molecular weight excluding hydrogens is 344 g/mol. The Kier molecular flexibility index (Phi) is 4.54. The van der Waals surface area contributed by atoms with E-state index in [1.165, 1.54) is 6.07 Å². The van der Waals surface area contributed by atoms with Crippen LogP contribution >= 0.6 is 22.6 Å². The summed E-state index contributed by atoms with van der Waals surface area (Å²) in [4.78, 5) is 0. The molecule has 0 saturated carbocycles. The summed E-state index contributed by atoms with van der Waals surface area (Å²) in [7, 11) is 0. The highest BCUT2D eigenvalue weighted by atomic mass is 127. The van der Waals surface area contributed by atoms with Gasteiger partial charge in [-0.25, -0.2) is 4.39 Å². The van der Waals surface area contributed by atoms with Crippen LogP contribution in [0.15, 0.2) is 42.5 Å². The Balaban J connectivity index is 2.31. The van der Waals surface area contributed by atoms with E-state index in [0.717, 1.165) is 3.57 Å². The van der Waals surface area contributed by atoms with Gasteiger partial charge in [-0.3, -0.25) is 0 Å². The van der Waals surface area contributed by atoms with E-state index >= 15 is 0 Å². The highest BCUT2D eigenvalue weighted by Crippen LogP contribution is 2.28. The minimum absolute atomic E-state index is 0.274. The van der Waals surface area contributed by atoms with E-state index in [1.807, 2.05) is 24.3 Å². The van der Waals surface area contributed by atoms with Gasteiger partial charge in [-0.05, 0) is 65.9 Å². The lowest BCUT2D eigenvalue weighted by Gasteiger charge is -2.11. The number of nitrogens with two attached hydrogens (primary N) is 1. The van der Waals surface area contributed by atoms with Crippen LogP contribution in [0.5, 0.6) is 11.5 Å². The van der Waals surface area contributed by atoms with E-state index in [9.17, 15) is 4.39 Å². The van der Waals surface area contributed by atoms with Crippen LogP contribution in [0, 0.1) is 9.39 Å². The molecule has 0 radical (unpaired) electrons. The first-order valence-corrected chi connectivity index (χ1v) is 6.69. The van der Waals surface area contributed by atoms with Crippen molar-refractivity contribution >= 4 is 22.6 Å². The fourth-order valence-electron chi connectivity index (χ4n) is 1.68. The van der Waals surface area contributed by atoms with E-state index in [1.54, 1.807) is 12.1 Å². The molecular formula is C14H13FINO. The van der Waals surface area contributed by atoms with Gasteiger partial charge in [-0.2, -0.15) is 0 Å². The maximum atomic E-state index is 13.7. The molecule has 18 heavy (non-hydrogen) atoms. The molecule has 2 rings (SSSR count). The molecule has 0 aromatic heterocycles. The third kappa shape index (κ3) is 3.20. The quantitative estimate of drug-likeness (QED) is 0.847. The highest BCUT2D eigenvalue weighted by Gasteiger charge is 2.09. The predicted molar refractivity (Wildman–Crippen MR) is 78.4 cm³/mol. The van der Waals surface area contributed by atoms with E-state index in [4.69, 9.17) is 10.5 Å². The lowest BCUT2D eigenvalue weighted by atomic mass is 10.1. The van der Waals surface area contributed by atoms with E-state index < -0.39 is 0 Å². The Labute approximate surface area is 119 Å². The van der Waals surface area contributed by atoms with Gasteiger partial charge in [0, 0.05) is 9.13 Å². The molecule has 94 valence electrons. The lowest BCUT2D eigenvalue weighted by Crippen LogP contribution is -2.06. The normalized spacial score (nSPS) is 10.4. The molecule has 0 amide bonds. The van der Waals surface area contributed by atoms with Gasteiger partial charge in [0.1, 0.15) is 17.3 Å². The summed E-state index contributed by atoms with van der Waals surface area (Å²) >= 11 is 2.21. The second-order valence-electron chi connectivity index (χ2n) is 3.81. The number of halogens is 2. The average molecular weight is 357 g/mol. The van der Waals surface area contributed by atoms with Crippen LogP contribution in [-0.2, 0) is 6.42 Å². The summed E-state index contributed by atoms with van der Waals surface area (Å²) < 4.78 is 20.5. The maximum absolute atomic E-state index is 13.7. The molecule has 0 aliphatic carbocycles. The fourth-order valence-corrected chi connectivity index (χ4v) is 2.19. The molecule has 2 aromatic carbocycles. The van der Waals surface area contributed by atoms with Crippen molar-refractivity contribution < 1.29 is 9.13 Å². The number of ether oxygens (including phenoxy) is 1. The van der Waals surface area contributed by atoms with Gasteiger partial charge >= 0.3 is 0 Å². The number of benzene rings is 2. The standard InChI is InChI=1S/C14H13FINO/c15-13-5-2-6-14(12(13)7-8-17)18-11-4-1-3-10(16)9-11/h1-6,9H,7-8,17H2. The average Bonchev–Trinajstić information content (AvgIpc) is 2.34. The van der Waals surface area contributed by atoms with Gasteiger partial charge in [0.05, 0.1) is 0 Å². The Bertz CT molecular complexity index is 545. The van der Waals surface area contributed by atoms with Crippen LogP contribution in [0.25, 0.3) is 0 Å². The van der Waals surface area contributed by atoms with Crippen molar-refractivity contribution in [1.82, 2.24) is 0 Å². The zero-order valence-corrected chi connectivity index (χ0v) is 11.9. The molecule has 2 N–H and O–H groups in total. The molecule has 2 nitrogen and oxygen atoms in total. The van der Waals surface area contributed by atoms with Gasteiger partial charge in [0.2, 0.25) is 0 Å². The van der Waals surface area contributed by atoms with E-state index in [0.29, 0.717) is 30.0 Å². The molecule has 0 spiro atoms. The van der Waals surface area contributed by atoms with Crippen molar-refractivity contribution in [3.8, 4) is 11.5 Å². The second kappa shape index (κ2) is 6.15. The topological polar surface area (TPSA) is 35.2 Å². The van der Waals surface area contributed by atoms with Gasteiger partial charge in [-0.15, -0.1) is 0 Å². The summed E-state index contributed by atoms with van der Waals surface area (Å²) in [6, 6.07) is 12.4. The Morgan fingerprint density at radius 3 is 2.67 bits per heavy atom. The highest BCUT2D eigenvalue weighted by molar-refractivity contribution is 14.1. The first-order valence-electron chi connectivity index (χ1n) is 5.61. The third-order valence-corrected chi connectivity index (χ3v) is 3.17. The Morgan fingerprint density at radius 1 is 1.17 bits per heavy atom. The van der Waals surface area contributed by atoms with Gasteiger partial charge in [0.25, 0.3) is 0 Å². The Morgan fingerprint density at radius 2 is 1.94 bits per heavy atom. The summed E-state index contributed by atoms with van der Waals surface area (Å²) in [6.07, 6.45) is 0.464. The number of hydrogen-bond donors (Lipinski definition) is 1. The van der Waals surface area contributed by atoms with E-state index in [-0.39, 0.29) is 5.82 Å². The monoisotopic (exact) mass is 357 g/mol. The van der Waals surface area contributed by atoms with Crippen molar-refractivity contribution in [3.63, 3.8) is 0 Å². The first kappa shape index (κ1) is 13.3. The van der Waals surface area contributed by atoms with Crippen molar-refractivity contribution in [2.75, 3.05) is 6.54 Å². The Hall–Kier alpha value is -1.14. The smallest absolute Gasteiger partial charge is 0.133 e. The van der Waals surface area contributed by atoms with Crippen molar-refractivity contribution in [3.05, 3.63) is 57.4 Å². The van der Waals surface area contributed by atoms with E-state index in [2.05, 4.69) is 22.6 Å².